The summed E-state index contributed by atoms with van der Waals surface area (Å²) in [6.45, 7) is 0. The topological polar surface area (TPSA) is 61.5 Å². The van der Waals surface area contributed by atoms with Crippen molar-refractivity contribution in [3.05, 3.63) is 23.8 Å². The van der Waals surface area contributed by atoms with E-state index < -0.39 is 0 Å². The Morgan fingerprint density at radius 2 is 1.67 bits per heavy atom. The molecule has 0 atom stereocenters. The van der Waals surface area contributed by atoms with Gasteiger partial charge in [0.2, 0.25) is 5.91 Å². The van der Waals surface area contributed by atoms with E-state index in [1.807, 2.05) is 0 Å². The molecule has 1 aromatic rings. The number of hydrogen-bond donors (Lipinski definition) is 1. The normalized spacial score (nSPS) is 8.93. The van der Waals surface area contributed by atoms with Crippen LogP contribution in [0.3, 0.4) is 0 Å². The van der Waals surface area contributed by atoms with Crippen molar-refractivity contribution in [2.75, 3.05) is 14.2 Å². The molecule has 0 saturated carbocycles. The predicted octanol–water partition coefficient (Wildman–Crippen LogP) is 1.15. The van der Waals surface area contributed by atoms with Gasteiger partial charge in [-0.15, -0.1) is 12.4 Å². The number of nitrogens with two attached hydrogens (primary N) is 1. The van der Waals surface area contributed by atoms with E-state index in [4.69, 9.17) is 15.2 Å². The largest absolute Gasteiger partial charge is 0.497 e. The molecule has 0 aliphatic heterocycles. The maximum Gasteiger partial charge on any atom is 0.221 e. The fraction of sp³-hybridized carbons (Fsp3) is 0.300. The van der Waals surface area contributed by atoms with Gasteiger partial charge in [-0.05, 0) is 17.7 Å². The van der Waals surface area contributed by atoms with Crippen molar-refractivity contribution < 1.29 is 14.3 Å². The van der Waals surface area contributed by atoms with Crippen LogP contribution in [0.1, 0.15) is 5.56 Å². The minimum absolute atomic E-state index is 0. The summed E-state index contributed by atoms with van der Waals surface area (Å²) in [5.74, 6) is 0.932. The first-order chi connectivity index (χ1) is 6.65. The number of benzene rings is 1. The van der Waals surface area contributed by atoms with Crippen LogP contribution in [-0.2, 0) is 11.2 Å². The Hall–Kier alpha value is -1.42. The van der Waals surface area contributed by atoms with Crippen LogP contribution >= 0.6 is 12.4 Å². The Bertz CT molecular complexity index is 319. The van der Waals surface area contributed by atoms with E-state index in [1.54, 1.807) is 32.4 Å². The molecule has 5 heteroatoms. The Morgan fingerprint density at radius 3 is 2.00 bits per heavy atom. The van der Waals surface area contributed by atoms with Gasteiger partial charge in [-0.3, -0.25) is 4.79 Å². The number of methoxy groups -OCH3 is 2. The number of carbonyl (C=O) groups is 1. The van der Waals surface area contributed by atoms with Gasteiger partial charge in [0.25, 0.3) is 0 Å². The molecule has 15 heavy (non-hydrogen) atoms. The molecule has 0 aliphatic rings. The molecule has 1 aromatic carbocycles. The van der Waals surface area contributed by atoms with Gasteiger partial charge in [-0.25, -0.2) is 0 Å². The van der Waals surface area contributed by atoms with Gasteiger partial charge in [0, 0.05) is 6.07 Å². The smallest absolute Gasteiger partial charge is 0.221 e. The van der Waals surface area contributed by atoms with E-state index in [0.717, 1.165) is 5.56 Å². The van der Waals surface area contributed by atoms with E-state index in [9.17, 15) is 4.79 Å². The van der Waals surface area contributed by atoms with Crippen LogP contribution < -0.4 is 15.2 Å². The highest BCUT2D eigenvalue weighted by Crippen LogP contribution is 2.22. The summed E-state index contributed by atoms with van der Waals surface area (Å²) >= 11 is 0. The zero-order valence-corrected chi connectivity index (χ0v) is 9.47. The van der Waals surface area contributed by atoms with Gasteiger partial charge in [0.15, 0.2) is 0 Å². The van der Waals surface area contributed by atoms with Crippen molar-refractivity contribution in [3.63, 3.8) is 0 Å². The molecule has 0 aliphatic carbocycles. The van der Waals surface area contributed by atoms with Crippen molar-refractivity contribution in [1.82, 2.24) is 0 Å². The molecule has 1 rings (SSSR count). The van der Waals surface area contributed by atoms with Crippen LogP contribution in [0.15, 0.2) is 18.2 Å². The average molecular weight is 232 g/mol. The first-order valence-electron chi connectivity index (χ1n) is 4.16. The lowest BCUT2D eigenvalue weighted by molar-refractivity contribution is -0.117. The minimum Gasteiger partial charge on any atom is -0.497 e. The number of rotatable bonds is 4. The van der Waals surface area contributed by atoms with Gasteiger partial charge < -0.3 is 15.2 Å². The lowest BCUT2D eigenvalue weighted by Gasteiger charge is -2.06. The molecule has 0 radical (unpaired) electrons. The second-order valence-electron chi connectivity index (χ2n) is 2.86. The number of primary amides is 1. The highest BCUT2D eigenvalue weighted by molar-refractivity contribution is 5.85. The Kier molecular flexibility index (Phi) is 5.56. The standard InChI is InChI=1S/C10H13NO3.ClH/c1-13-8-3-7(5-10(11)12)4-9(6-8)14-2;/h3-4,6H,5H2,1-2H3,(H2,11,12);1H. The zero-order chi connectivity index (χ0) is 10.6. The van der Waals surface area contributed by atoms with Crippen LogP contribution in [0.5, 0.6) is 11.5 Å². The van der Waals surface area contributed by atoms with Crippen molar-refractivity contribution in [3.8, 4) is 11.5 Å². The molecule has 0 spiro atoms. The third-order valence-corrected chi connectivity index (χ3v) is 1.79. The van der Waals surface area contributed by atoms with Crippen LogP contribution in [-0.4, -0.2) is 20.1 Å². The second-order valence-corrected chi connectivity index (χ2v) is 2.86. The van der Waals surface area contributed by atoms with Crippen molar-refractivity contribution in [1.29, 1.82) is 0 Å². The van der Waals surface area contributed by atoms with E-state index in [-0.39, 0.29) is 24.7 Å². The minimum atomic E-state index is -0.375. The maximum absolute atomic E-state index is 10.7. The first-order valence-corrected chi connectivity index (χ1v) is 4.16. The SMILES string of the molecule is COc1cc(CC(N)=O)cc(OC)c1.Cl. The molecule has 0 fully saturated rings. The van der Waals surface area contributed by atoms with Gasteiger partial charge in [0.05, 0.1) is 20.6 Å². The summed E-state index contributed by atoms with van der Waals surface area (Å²) < 4.78 is 10.1. The van der Waals surface area contributed by atoms with E-state index in [1.165, 1.54) is 0 Å². The molecular weight excluding hydrogens is 218 g/mol. The van der Waals surface area contributed by atoms with Crippen LogP contribution in [0, 0.1) is 0 Å². The molecular formula is C10H14ClNO3. The van der Waals surface area contributed by atoms with Gasteiger partial charge in [-0.1, -0.05) is 0 Å². The molecule has 0 aromatic heterocycles. The molecule has 2 N–H and O–H groups in total. The second kappa shape index (κ2) is 6.14. The summed E-state index contributed by atoms with van der Waals surface area (Å²) in [5.41, 5.74) is 5.87. The lowest BCUT2D eigenvalue weighted by Crippen LogP contribution is -2.13. The number of carbonyl (C=O) groups excluding carboxylic acids is 1. The number of hydrogen-bond acceptors (Lipinski definition) is 3. The fourth-order valence-electron chi connectivity index (χ4n) is 1.17. The van der Waals surface area contributed by atoms with Gasteiger partial charge >= 0.3 is 0 Å². The van der Waals surface area contributed by atoms with Crippen LogP contribution in [0.2, 0.25) is 0 Å². The van der Waals surface area contributed by atoms with E-state index in [2.05, 4.69) is 0 Å². The molecule has 0 unspecified atom stereocenters. The summed E-state index contributed by atoms with van der Waals surface area (Å²) in [5, 5.41) is 0. The number of amides is 1. The monoisotopic (exact) mass is 231 g/mol. The highest BCUT2D eigenvalue weighted by Gasteiger charge is 2.03. The van der Waals surface area contributed by atoms with Crippen LogP contribution in [0.4, 0.5) is 0 Å². The third kappa shape index (κ3) is 4.08. The molecule has 1 amide bonds. The van der Waals surface area contributed by atoms with Gasteiger partial charge in [-0.2, -0.15) is 0 Å². The average Bonchev–Trinajstić information content (AvgIpc) is 2.16. The van der Waals surface area contributed by atoms with Crippen molar-refractivity contribution in [2.45, 2.75) is 6.42 Å². The number of halogens is 1. The number of ether oxygens (including phenoxy) is 2. The molecule has 0 bridgehead atoms. The molecule has 0 heterocycles. The van der Waals surface area contributed by atoms with E-state index in [0.29, 0.717) is 11.5 Å². The third-order valence-electron chi connectivity index (χ3n) is 1.79. The van der Waals surface area contributed by atoms with Crippen molar-refractivity contribution in [2.24, 2.45) is 5.73 Å². The van der Waals surface area contributed by atoms with Crippen molar-refractivity contribution >= 4 is 18.3 Å². The van der Waals surface area contributed by atoms with Gasteiger partial charge in [0.1, 0.15) is 11.5 Å². The fourth-order valence-corrected chi connectivity index (χ4v) is 1.17. The Morgan fingerprint density at radius 1 is 1.20 bits per heavy atom. The summed E-state index contributed by atoms with van der Waals surface area (Å²) in [4.78, 5) is 10.7. The Labute approximate surface area is 94.8 Å². The lowest BCUT2D eigenvalue weighted by atomic mass is 10.1. The summed E-state index contributed by atoms with van der Waals surface area (Å²) in [6.07, 6.45) is 0.188. The molecule has 84 valence electrons. The first kappa shape index (κ1) is 13.6. The van der Waals surface area contributed by atoms with E-state index >= 15 is 0 Å². The molecule has 4 nitrogen and oxygen atoms in total. The maximum atomic E-state index is 10.7. The zero-order valence-electron chi connectivity index (χ0n) is 8.65. The predicted molar refractivity (Wildman–Crippen MR) is 59.7 cm³/mol. The summed E-state index contributed by atoms with van der Waals surface area (Å²) in [6, 6.07) is 5.26. The van der Waals surface area contributed by atoms with Crippen LogP contribution in [0.25, 0.3) is 0 Å². The Balaban J connectivity index is 0.00000196. The quantitative estimate of drug-likeness (QED) is 0.846. The molecule has 0 saturated heterocycles. The highest BCUT2D eigenvalue weighted by atomic mass is 35.5. The summed E-state index contributed by atoms with van der Waals surface area (Å²) in [7, 11) is 3.12.